The molecule has 2 saturated heterocycles. The molecule has 9 heteroatoms. The van der Waals surface area contributed by atoms with E-state index in [2.05, 4.69) is 34.4 Å². The quantitative estimate of drug-likeness (QED) is 0.481. The predicted molar refractivity (Wildman–Crippen MR) is 149 cm³/mol. The van der Waals surface area contributed by atoms with Crippen LogP contribution in [0.1, 0.15) is 52.4 Å². The molecule has 0 atom stereocenters. The number of nitrogens with zero attached hydrogens (tertiary/aromatic N) is 3. The number of nitrogens with two attached hydrogens (primary N) is 1. The van der Waals surface area contributed by atoms with Gasteiger partial charge in [0.2, 0.25) is 0 Å². The molecule has 5 rings (SSSR count). The van der Waals surface area contributed by atoms with Crippen LogP contribution in [-0.4, -0.2) is 77.5 Å². The van der Waals surface area contributed by atoms with Gasteiger partial charge in [0.1, 0.15) is 11.6 Å². The molecule has 4 N–H and O–H groups in total. The van der Waals surface area contributed by atoms with Gasteiger partial charge in [-0.3, -0.25) is 4.90 Å². The fraction of sp³-hybridized carbons (Fsp3) is 0.643. The topological polar surface area (TPSA) is 97.6 Å². The van der Waals surface area contributed by atoms with Gasteiger partial charge in [-0.2, -0.15) is 0 Å². The Bertz CT molecular complexity index is 1050. The maximum absolute atomic E-state index is 6.57. The first kappa shape index (κ1) is 26.6. The average Bonchev–Trinajstić information content (AvgIpc) is 2.89. The minimum Gasteiger partial charge on any atom is -0.381 e. The van der Waals surface area contributed by atoms with Crippen LogP contribution in [0.2, 0.25) is 5.02 Å². The molecule has 202 valence electrons. The van der Waals surface area contributed by atoms with Crippen molar-refractivity contribution >= 4 is 23.2 Å². The molecule has 2 aromatic heterocycles. The highest BCUT2D eigenvalue weighted by Gasteiger charge is 2.33. The highest BCUT2D eigenvalue weighted by molar-refractivity contribution is 6.33. The van der Waals surface area contributed by atoms with Gasteiger partial charge in [-0.05, 0) is 70.6 Å². The van der Waals surface area contributed by atoms with Crippen LogP contribution in [-0.2, 0) is 9.47 Å². The van der Waals surface area contributed by atoms with E-state index in [-0.39, 0.29) is 11.1 Å². The number of hydrogen-bond donors (Lipinski definition) is 3. The standard InChI is InChI=1S/C28H41ClN6O2/c1-27(2)19-35(12-15-37-27)21-8-6-20(7-9-21)33-26-16-22(23(29)17-31-26)24-4-3-5-25(34-24)32-18-28(30)10-13-36-14-11-28/h3-5,16-17,20-21H,6-15,18-19,30H2,1-2H3,(H,31,33)(H,32,34)/t20-,21-. The summed E-state index contributed by atoms with van der Waals surface area (Å²) in [4.78, 5) is 12.0. The van der Waals surface area contributed by atoms with Crippen molar-refractivity contribution in [2.75, 3.05) is 50.1 Å². The maximum Gasteiger partial charge on any atom is 0.126 e. The largest absolute Gasteiger partial charge is 0.381 e. The van der Waals surface area contributed by atoms with Crippen molar-refractivity contribution in [3.05, 3.63) is 35.5 Å². The number of ether oxygens (including phenoxy) is 2. The van der Waals surface area contributed by atoms with Crippen molar-refractivity contribution in [2.45, 2.75) is 75.6 Å². The summed E-state index contributed by atoms with van der Waals surface area (Å²) in [6, 6.07) is 9.02. The van der Waals surface area contributed by atoms with Crippen molar-refractivity contribution in [3.8, 4) is 11.3 Å². The third-order valence-corrected chi connectivity index (χ3v) is 8.31. The molecule has 3 fully saturated rings. The molecule has 37 heavy (non-hydrogen) atoms. The van der Waals surface area contributed by atoms with Gasteiger partial charge in [-0.15, -0.1) is 0 Å². The molecular weight excluding hydrogens is 488 g/mol. The lowest BCUT2D eigenvalue weighted by Crippen LogP contribution is -2.53. The van der Waals surface area contributed by atoms with Gasteiger partial charge in [-0.25, -0.2) is 9.97 Å². The second kappa shape index (κ2) is 11.4. The number of rotatable bonds is 7. The minimum atomic E-state index is -0.266. The van der Waals surface area contributed by atoms with Gasteiger partial charge >= 0.3 is 0 Å². The molecule has 0 radical (unpaired) electrons. The van der Waals surface area contributed by atoms with E-state index < -0.39 is 0 Å². The van der Waals surface area contributed by atoms with Crippen molar-refractivity contribution in [1.82, 2.24) is 14.9 Å². The smallest absolute Gasteiger partial charge is 0.126 e. The zero-order valence-corrected chi connectivity index (χ0v) is 22.9. The number of nitrogens with one attached hydrogen (secondary N) is 2. The van der Waals surface area contributed by atoms with E-state index in [1.54, 1.807) is 6.20 Å². The first-order valence-corrected chi connectivity index (χ1v) is 14.0. The molecule has 1 saturated carbocycles. The summed E-state index contributed by atoms with van der Waals surface area (Å²) >= 11 is 6.57. The number of halogens is 1. The van der Waals surface area contributed by atoms with Crippen molar-refractivity contribution < 1.29 is 9.47 Å². The van der Waals surface area contributed by atoms with E-state index in [4.69, 9.17) is 31.8 Å². The number of aromatic nitrogens is 2. The first-order chi connectivity index (χ1) is 17.8. The van der Waals surface area contributed by atoms with Gasteiger partial charge in [0.25, 0.3) is 0 Å². The van der Waals surface area contributed by atoms with Crippen LogP contribution in [0.5, 0.6) is 0 Å². The lowest BCUT2D eigenvalue weighted by Gasteiger charge is -2.44. The second-order valence-electron chi connectivity index (χ2n) is 11.5. The van der Waals surface area contributed by atoms with E-state index in [0.717, 1.165) is 68.3 Å². The summed E-state index contributed by atoms with van der Waals surface area (Å²) in [5.41, 5.74) is 7.92. The van der Waals surface area contributed by atoms with Crippen molar-refractivity contribution in [1.29, 1.82) is 0 Å². The third kappa shape index (κ3) is 6.92. The summed E-state index contributed by atoms with van der Waals surface area (Å²) in [5, 5.41) is 7.68. The highest BCUT2D eigenvalue weighted by Crippen LogP contribution is 2.32. The average molecular weight is 529 g/mol. The van der Waals surface area contributed by atoms with Crippen LogP contribution in [0.3, 0.4) is 0 Å². The molecule has 0 bridgehead atoms. The summed E-state index contributed by atoms with van der Waals surface area (Å²) < 4.78 is 11.4. The minimum absolute atomic E-state index is 0.0472. The fourth-order valence-corrected chi connectivity index (χ4v) is 5.98. The highest BCUT2D eigenvalue weighted by atomic mass is 35.5. The summed E-state index contributed by atoms with van der Waals surface area (Å²) in [7, 11) is 0. The normalized spacial score (nSPS) is 25.9. The molecule has 3 aliphatic rings. The summed E-state index contributed by atoms with van der Waals surface area (Å²) in [6.45, 7) is 9.34. The van der Waals surface area contributed by atoms with Crippen molar-refractivity contribution in [3.63, 3.8) is 0 Å². The third-order valence-electron chi connectivity index (χ3n) is 8.01. The zero-order valence-electron chi connectivity index (χ0n) is 22.1. The Kier molecular flexibility index (Phi) is 8.22. The Morgan fingerprint density at radius 3 is 2.65 bits per heavy atom. The monoisotopic (exact) mass is 528 g/mol. The number of morpholine rings is 1. The molecule has 4 heterocycles. The fourth-order valence-electron chi connectivity index (χ4n) is 5.78. The van der Waals surface area contributed by atoms with E-state index in [1.165, 1.54) is 12.8 Å². The van der Waals surface area contributed by atoms with Gasteiger partial charge < -0.3 is 25.8 Å². The number of pyridine rings is 2. The van der Waals surface area contributed by atoms with Crippen LogP contribution >= 0.6 is 11.6 Å². The summed E-state index contributed by atoms with van der Waals surface area (Å²) in [6.07, 6.45) is 8.06. The zero-order chi connectivity index (χ0) is 25.9. The lowest BCUT2D eigenvalue weighted by molar-refractivity contribution is -0.100. The van der Waals surface area contributed by atoms with Crippen LogP contribution in [0.4, 0.5) is 11.6 Å². The van der Waals surface area contributed by atoms with Crippen LogP contribution in [0, 0.1) is 0 Å². The Morgan fingerprint density at radius 1 is 1.11 bits per heavy atom. The lowest BCUT2D eigenvalue weighted by atomic mass is 9.89. The molecule has 2 aromatic rings. The van der Waals surface area contributed by atoms with Gasteiger partial charge in [0.15, 0.2) is 0 Å². The first-order valence-electron chi connectivity index (χ1n) is 13.7. The molecule has 2 aliphatic heterocycles. The molecule has 8 nitrogen and oxygen atoms in total. The molecule has 1 aliphatic carbocycles. The predicted octanol–water partition coefficient (Wildman–Crippen LogP) is 4.55. The Morgan fingerprint density at radius 2 is 1.89 bits per heavy atom. The van der Waals surface area contributed by atoms with Gasteiger partial charge in [0.05, 0.1) is 22.9 Å². The van der Waals surface area contributed by atoms with E-state index in [9.17, 15) is 0 Å². The van der Waals surface area contributed by atoms with Crippen LogP contribution in [0.15, 0.2) is 30.5 Å². The van der Waals surface area contributed by atoms with Crippen LogP contribution < -0.4 is 16.4 Å². The van der Waals surface area contributed by atoms with Crippen molar-refractivity contribution in [2.24, 2.45) is 5.73 Å². The van der Waals surface area contributed by atoms with Gasteiger partial charge in [0, 0.05) is 62.2 Å². The second-order valence-corrected chi connectivity index (χ2v) is 11.9. The Balaban J connectivity index is 1.19. The van der Waals surface area contributed by atoms with E-state index in [1.807, 2.05) is 24.3 Å². The summed E-state index contributed by atoms with van der Waals surface area (Å²) in [5.74, 6) is 1.64. The number of hydrogen-bond acceptors (Lipinski definition) is 8. The Hall–Kier alpha value is -1.97. The molecule has 0 aromatic carbocycles. The van der Waals surface area contributed by atoms with E-state index >= 15 is 0 Å². The Labute approximate surface area is 225 Å². The molecule has 0 spiro atoms. The van der Waals surface area contributed by atoms with Gasteiger partial charge in [-0.1, -0.05) is 17.7 Å². The van der Waals surface area contributed by atoms with Crippen LogP contribution in [0.25, 0.3) is 11.3 Å². The molecular formula is C28H41ClN6O2. The SMILES string of the molecule is CC1(C)CN([C@H]2CC[C@H](Nc3cc(-c4cccc(NCC5(N)CCOCC5)n4)c(Cl)cn3)CC2)CCO1. The maximum atomic E-state index is 6.57. The number of anilines is 2. The molecule has 0 unspecified atom stereocenters. The van der Waals surface area contributed by atoms with E-state index in [0.29, 0.717) is 36.9 Å². The molecule has 0 amide bonds.